The molecular formula is C19H28N2O6. The SMILES string of the molecule is CC(C)(OC1CCCCC1)C(=O)OCC1CCC(n2ccc(=O)[nH]c2=O)O1. The number of nitrogens with zero attached hydrogens (tertiary/aromatic N) is 1. The van der Waals surface area contributed by atoms with Gasteiger partial charge in [-0.3, -0.25) is 14.3 Å². The van der Waals surface area contributed by atoms with Gasteiger partial charge in [-0.05, 0) is 39.5 Å². The van der Waals surface area contributed by atoms with Gasteiger partial charge in [0.15, 0.2) is 5.60 Å². The Kier molecular flexibility index (Phi) is 6.16. The largest absolute Gasteiger partial charge is 0.461 e. The molecule has 150 valence electrons. The van der Waals surface area contributed by atoms with Crippen LogP contribution in [0.2, 0.25) is 0 Å². The van der Waals surface area contributed by atoms with Gasteiger partial charge in [-0.1, -0.05) is 19.3 Å². The minimum Gasteiger partial charge on any atom is -0.461 e. The number of hydrogen-bond donors (Lipinski definition) is 1. The van der Waals surface area contributed by atoms with E-state index in [4.69, 9.17) is 14.2 Å². The number of carbonyl (C=O) groups excluding carboxylic acids is 1. The number of esters is 1. The van der Waals surface area contributed by atoms with E-state index in [2.05, 4.69) is 4.98 Å². The molecule has 1 aliphatic carbocycles. The summed E-state index contributed by atoms with van der Waals surface area (Å²) < 4.78 is 18.6. The molecule has 0 aromatic carbocycles. The van der Waals surface area contributed by atoms with Crippen molar-refractivity contribution < 1.29 is 19.0 Å². The Labute approximate surface area is 157 Å². The molecule has 1 aliphatic heterocycles. The van der Waals surface area contributed by atoms with E-state index in [1.54, 1.807) is 13.8 Å². The van der Waals surface area contributed by atoms with Crippen molar-refractivity contribution in [2.24, 2.45) is 0 Å². The van der Waals surface area contributed by atoms with E-state index in [1.165, 1.54) is 23.3 Å². The highest BCUT2D eigenvalue weighted by atomic mass is 16.6. The highest BCUT2D eigenvalue weighted by molar-refractivity contribution is 5.78. The number of aromatic nitrogens is 2. The molecule has 0 radical (unpaired) electrons. The lowest BCUT2D eigenvalue weighted by atomic mass is 9.97. The minimum absolute atomic E-state index is 0.112. The van der Waals surface area contributed by atoms with Crippen molar-refractivity contribution >= 4 is 5.97 Å². The second-order valence-corrected chi connectivity index (χ2v) is 7.79. The van der Waals surface area contributed by atoms with Crippen molar-refractivity contribution in [2.45, 2.75) is 82.8 Å². The summed E-state index contributed by atoms with van der Waals surface area (Å²) in [4.78, 5) is 37.7. The van der Waals surface area contributed by atoms with E-state index in [0.717, 1.165) is 25.7 Å². The molecule has 1 aromatic heterocycles. The van der Waals surface area contributed by atoms with Gasteiger partial charge in [0, 0.05) is 12.3 Å². The van der Waals surface area contributed by atoms with Gasteiger partial charge in [0.2, 0.25) is 0 Å². The number of H-pyrrole nitrogens is 1. The Hall–Kier alpha value is -1.93. The molecule has 0 amide bonds. The Bertz CT molecular complexity index is 762. The summed E-state index contributed by atoms with van der Waals surface area (Å²) in [5.74, 6) is -0.402. The standard InChI is InChI=1S/C19H28N2O6/c1-19(2,27-13-6-4-3-5-7-13)17(23)25-12-14-8-9-16(26-14)21-11-10-15(22)20-18(21)24/h10-11,13-14,16H,3-9,12H2,1-2H3,(H,20,22,24). The smallest absolute Gasteiger partial charge is 0.337 e. The second-order valence-electron chi connectivity index (χ2n) is 7.79. The molecule has 1 saturated carbocycles. The predicted molar refractivity (Wildman–Crippen MR) is 97.5 cm³/mol. The van der Waals surface area contributed by atoms with E-state index in [1.807, 2.05) is 0 Å². The second kappa shape index (κ2) is 8.39. The average Bonchev–Trinajstić information content (AvgIpc) is 3.08. The number of hydrogen-bond acceptors (Lipinski definition) is 6. The Morgan fingerprint density at radius 2 is 1.96 bits per heavy atom. The Morgan fingerprint density at radius 1 is 1.22 bits per heavy atom. The summed E-state index contributed by atoms with van der Waals surface area (Å²) in [6.07, 6.45) is 7.51. The molecule has 2 unspecified atom stereocenters. The van der Waals surface area contributed by atoms with E-state index in [0.29, 0.717) is 12.8 Å². The van der Waals surface area contributed by atoms with Gasteiger partial charge in [-0.2, -0.15) is 0 Å². The first-order valence-electron chi connectivity index (χ1n) is 9.67. The van der Waals surface area contributed by atoms with Gasteiger partial charge in [-0.15, -0.1) is 0 Å². The zero-order valence-electron chi connectivity index (χ0n) is 15.9. The van der Waals surface area contributed by atoms with Crippen LogP contribution in [-0.2, 0) is 19.0 Å². The van der Waals surface area contributed by atoms with Crippen molar-refractivity contribution in [3.8, 4) is 0 Å². The van der Waals surface area contributed by atoms with E-state index >= 15 is 0 Å². The van der Waals surface area contributed by atoms with Crippen molar-refractivity contribution in [1.82, 2.24) is 9.55 Å². The number of ether oxygens (including phenoxy) is 3. The van der Waals surface area contributed by atoms with Gasteiger partial charge in [-0.25, -0.2) is 9.59 Å². The molecule has 1 aromatic rings. The molecule has 0 bridgehead atoms. The van der Waals surface area contributed by atoms with Gasteiger partial charge in [0.05, 0.1) is 12.2 Å². The highest BCUT2D eigenvalue weighted by Crippen LogP contribution is 2.28. The van der Waals surface area contributed by atoms with Gasteiger partial charge < -0.3 is 14.2 Å². The maximum atomic E-state index is 12.4. The molecule has 0 spiro atoms. The third-order valence-electron chi connectivity index (χ3n) is 5.15. The summed E-state index contributed by atoms with van der Waals surface area (Å²) >= 11 is 0. The van der Waals surface area contributed by atoms with Crippen molar-refractivity contribution in [3.63, 3.8) is 0 Å². The maximum absolute atomic E-state index is 12.4. The minimum atomic E-state index is -0.990. The Balaban J connectivity index is 1.49. The Morgan fingerprint density at radius 3 is 2.67 bits per heavy atom. The zero-order chi connectivity index (χ0) is 19.4. The van der Waals surface area contributed by atoms with E-state index in [-0.39, 0.29) is 18.8 Å². The van der Waals surface area contributed by atoms with Crippen LogP contribution in [0.3, 0.4) is 0 Å². The summed E-state index contributed by atoms with van der Waals surface area (Å²) in [5, 5.41) is 0. The molecule has 27 heavy (non-hydrogen) atoms. The number of carbonyl (C=O) groups is 1. The van der Waals surface area contributed by atoms with E-state index in [9.17, 15) is 14.4 Å². The van der Waals surface area contributed by atoms with Crippen LogP contribution in [0, 0.1) is 0 Å². The van der Waals surface area contributed by atoms with Crippen molar-refractivity contribution in [2.75, 3.05) is 6.61 Å². The molecule has 2 heterocycles. The fourth-order valence-electron chi connectivity index (χ4n) is 3.66. The van der Waals surface area contributed by atoms with Gasteiger partial charge in [0.1, 0.15) is 12.8 Å². The fraction of sp³-hybridized carbons (Fsp3) is 0.737. The first-order chi connectivity index (χ1) is 12.8. The maximum Gasteiger partial charge on any atom is 0.337 e. The molecule has 1 N–H and O–H groups in total. The van der Waals surface area contributed by atoms with Crippen LogP contribution >= 0.6 is 0 Å². The summed E-state index contributed by atoms with van der Waals surface area (Å²) in [6.45, 7) is 3.59. The average molecular weight is 380 g/mol. The molecule has 2 aliphatic rings. The number of rotatable bonds is 6. The van der Waals surface area contributed by atoms with Crippen molar-refractivity contribution in [1.29, 1.82) is 0 Å². The molecular weight excluding hydrogens is 352 g/mol. The lowest BCUT2D eigenvalue weighted by Gasteiger charge is -2.31. The zero-order valence-corrected chi connectivity index (χ0v) is 15.9. The lowest BCUT2D eigenvalue weighted by molar-refractivity contribution is -0.180. The van der Waals surface area contributed by atoms with Gasteiger partial charge >= 0.3 is 11.7 Å². The summed E-state index contributed by atoms with van der Waals surface area (Å²) in [7, 11) is 0. The molecule has 8 heteroatoms. The van der Waals surface area contributed by atoms with Crippen LogP contribution < -0.4 is 11.2 Å². The normalized spacial score (nSPS) is 24.1. The van der Waals surface area contributed by atoms with Crippen LogP contribution in [0.25, 0.3) is 0 Å². The molecule has 8 nitrogen and oxygen atoms in total. The number of nitrogens with one attached hydrogen (secondary N) is 1. The number of aromatic amines is 1. The third kappa shape index (κ3) is 5.07. The fourth-order valence-corrected chi connectivity index (χ4v) is 3.66. The molecule has 1 saturated heterocycles. The first-order valence-corrected chi connectivity index (χ1v) is 9.67. The topological polar surface area (TPSA) is 99.6 Å². The van der Waals surface area contributed by atoms with Crippen LogP contribution in [0.15, 0.2) is 21.9 Å². The summed E-state index contributed by atoms with van der Waals surface area (Å²) in [5.41, 5.74) is -1.94. The van der Waals surface area contributed by atoms with Gasteiger partial charge in [0.25, 0.3) is 5.56 Å². The lowest BCUT2D eigenvalue weighted by Crippen LogP contribution is -2.41. The monoisotopic (exact) mass is 380 g/mol. The summed E-state index contributed by atoms with van der Waals surface area (Å²) in [6, 6.07) is 1.28. The highest BCUT2D eigenvalue weighted by Gasteiger charge is 2.35. The van der Waals surface area contributed by atoms with Crippen LogP contribution in [0.5, 0.6) is 0 Å². The van der Waals surface area contributed by atoms with Crippen molar-refractivity contribution in [3.05, 3.63) is 33.1 Å². The molecule has 2 fully saturated rings. The molecule has 3 rings (SSSR count). The van der Waals surface area contributed by atoms with Crippen LogP contribution in [0.4, 0.5) is 0 Å². The molecule has 2 atom stereocenters. The third-order valence-corrected chi connectivity index (χ3v) is 5.15. The van der Waals surface area contributed by atoms with Crippen LogP contribution in [-0.4, -0.2) is 39.9 Å². The van der Waals surface area contributed by atoms with Crippen LogP contribution in [0.1, 0.15) is 65.0 Å². The first kappa shape index (κ1) is 19.8. The van der Waals surface area contributed by atoms with E-state index < -0.39 is 29.0 Å². The quantitative estimate of drug-likeness (QED) is 0.757. The predicted octanol–water partition coefficient (Wildman–Crippen LogP) is 1.89.